The van der Waals surface area contributed by atoms with Crippen LogP contribution in [-0.4, -0.2) is 40.1 Å². The zero-order chi connectivity index (χ0) is 18.8. The van der Waals surface area contributed by atoms with Crippen LogP contribution >= 0.6 is 0 Å². The lowest BCUT2D eigenvalue weighted by Crippen LogP contribution is -2.51. The molecule has 0 fully saturated rings. The molecule has 0 N–H and O–H groups in total. The molecule has 1 atom stereocenters. The van der Waals surface area contributed by atoms with Gasteiger partial charge in [0.15, 0.2) is 0 Å². The Morgan fingerprint density at radius 3 is 2.15 bits per heavy atom. The van der Waals surface area contributed by atoms with Crippen molar-refractivity contribution in [3.63, 3.8) is 0 Å². The summed E-state index contributed by atoms with van der Waals surface area (Å²) < 4.78 is 0. The van der Waals surface area contributed by atoms with Crippen LogP contribution in [0.2, 0.25) is 0 Å². The van der Waals surface area contributed by atoms with Crippen LogP contribution in [0.4, 0.5) is 0 Å². The minimum Gasteiger partial charge on any atom is -0.318 e. The van der Waals surface area contributed by atoms with Crippen molar-refractivity contribution in [1.82, 2.24) is 9.80 Å². The molecule has 0 saturated heterocycles. The van der Waals surface area contributed by atoms with E-state index in [1.54, 1.807) is 35.4 Å². The zero-order valence-electron chi connectivity index (χ0n) is 14.9. The number of carbonyl (C=O) groups excluding carboxylic acids is 3. The highest BCUT2D eigenvalue weighted by molar-refractivity contribution is 6.22. The molecule has 2 aromatic rings. The molecule has 3 amide bonds. The average Bonchev–Trinajstić information content (AvgIpc) is 2.98. The van der Waals surface area contributed by atoms with Crippen molar-refractivity contribution >= 4 is 17.7 Å². The Morgan fingerprint density at radius 2 is 1.56 bits per heavy atom. The van der Waals surface area contributed by atoms with Gasteiger partial charge >= 0.3 is 0 Å². The van der Waals surface area contributed by atoms with Crippen molar-refractivity contribution in [2.24, 2.45) is 0 Å². The lowest BCUT2D eigenvalue weighted by Gasteiger charge is -2.31. The number of allylic oxidation sites excluding steroid dienone is 1. The van der Waals surface area contributed by atoms with Crippen LogP contribution in [0.5, 0.6) is 0 Å². The van der Waals surface area contributed by atoms with Gasteiger partial charge < -0.3 is 4.90 Å². The Morgan fingerprint density at radius 1 is 0.926 bits per heavy atom. The number of carbonyl (C=O) groups is 3. The van der Waals surface area contributed by atoms with Crippen molar-refractivity contribution in [3.05, 3.63) is 83.6 Å². The number of amides is 3. The molecule has 0 saturated carbocycles. The second-order valence-electron chi connectivity index (χ2n) is 6.79. The quantitative estimate of drug-likeness (QED) is 0.788. The standard InChI is InChI=1S/C22H20N2O3/c25-20-17-11-5-6-12-18(17)21(26)24(20)19(15-16-9-3-1-4-10-16)22(27)23-13-7-2-8-14-23/h1,3-7,9-13,19H,2,8,14-15H2. The Bertz CT molecular complexity index is 885. The molecule has 2 aromatic carbocycles. The van der Waals surface area contributed by atoms with Gasteiger partial charge in [-0.1, -0.05) is 48.5 Å². The number of fused-ring (bicyclic) bond motifs is 1. The molecule has 2 aliphatic rings. The predicted molar refractivity (Wildman–Crippen MR) is 101 cm³/mol. The maximum atomic E-state index is 13.3. The molecule has 0 aromatic heterocycles. The second kappa shape index (κ2) is 7.19. The first-order valence-corrected chi connectivity index (χ1v) is 9.15. The van der Waals surface area contributed by atoms with Gasteiger partial charge in [0.2, 0.25) is 5.91 Å². The highest BCUT2D eigenvalue weighted by Crippen LogP contribution is 2.27. The van der Waals surface area contributed by atoms with Gasteiger partial charge in [-0.25, -0.2) is 0 Å². The van der Waals surface area contributed by atoms with Crippen LogP contribution < -0.4 is 0 Å². The largest absolute Gasteiger partial charge is 0.318 e. The fourth-order valence-electron chi connectivity index (χ4n) is 3.65. The molecule has 1 unspecified atom stereocenters. The third-order valence-electron chi connectivity index (χ3n) is 5.03. The minimum absolute atomic E-state index is 0.218. The van der Waals surface area contributed by atoms with E-state index in [0.717, 1.165) is 23.3 Å². The molecule has 2 aliphatic heterocycles. The topological polar surface area (TPSA) is 57.7 Å². The summed E-state index contributed by atoms with van der Waals surface area (Å²) in [4.78, 5) is 41.9. The Balaban J connectivity index is 1.71. The van der Waals surface area contributed by atoms with Crippen LogP contribution in [0.3, 0.4) is 0 Å². The third kappa shape index (κ3) is 3.16. The first-order valence-electron chi connectivity index (χ1n) is 9.15. The number of hydrogen-bond donors (Lipinski definition) is 0. The summed E-state index contributed by atoms with van der Waals surface area (Å²) in [5, 5.41) is 0. The van der Waals surface area contributed by atoms with Crippen molar-refractivity contribution < 1.29 is 14.4 Å². The average molecular weight is 360 g/mol. The minimum atomic E-state index is -0.859. The van der Waals surface area contributed by atoms with Crippen molar-refractivity contribution in [3.8, 4) is 0 Å². The maximum absolute atomic E-state index is 13.3. The molecule has 4 rings (SSSR count). The number of imide groups is 1. The Kier molecular flexibility index (Phi) is 4.59. The van der Waals surface area contributed by atoms with E-state index in [0.29, 0.717) is 24.1 Å². The highest BCUT2D eigenvalue weighted by Gasteiger charge is 2.43. The maximum Gasteiger partial charge on any atom is 0.262 e. The third-order valence-corrected chi connectivity index (χ3v) is 5.03. The van der Waals surface area contributed by atoms with Gasteiger partial charge in [-0.2, -0.15) is 0 Å². The second-order valence-corrected chi connectivity index (χ2v) is 6.79. The lowest BCUT2D eigenvalue weighted by atomic mass is 10.0. The van der Waals surface area contributed by atoms with Crippen LogP contribution in [0.25, 0.3) is 0 Å². The van der Waals surface area contributed by atoms with E-state index in [1.165, 1.54) is 0 Å². The summed E-state index contributed by atoms with van der Waals surface area (Å²) in [6.45, 7) is 0.601. The van der Waals surface area contributed by atoms with E-state index >= 15 is 0 Å². The number of hydrogen-bond acceptors (Lipinski definition) is 3. The van der Waals surface area contributed by atoms with Crippen molar-refractivity contribution in [1.29, 1.82) is 0 Å². The van der Waals surface area contributed by atoms with Crippen LogP contribution in [0.1, 0.15) is 39.1 Å². The molecule has 136 valence electrons. The first kappa shape index (κ1) is 17.2. The highest BCUT2D eigenvalue weighted by atomic mass is 16.2. The number of nitrogens with zero attached hydrogens (tertiary/aromatic N) is 2. The van der Waals surface area contributed by atoms with E-state index in [4.69, 9.17) is 0 Å². The molecule has 5 nitrogen and oxygen atoms in total. The van der Waals surface area contributed by atoms with Gasteiger partial charge in [-0.3, -0.25) is 19.3 Å². The van der Waals surface area contributed by atoms with E-state index in [-0.39, 0.29) is 5.91 Å². The van der Waals surface area contributed by atoms with Gasteiger partial charge in [0.05, 0.1) is 11.1 Å². The molecule has 5 heteroatoms. The van der Waals surface area contributed by atoms with Gasteiger partial charge in [0.25, 0.3) is 11.8 Å². The fraction of sp³-hybridized carbons (Fsp3) is 0.227. The van der Waals surface area contributed by atoms with Crippen LogP contribution in [0, 0.1) is 0 Å². The summed E-state index contributed by atoms with van der Waals surface area (Å²) in [7, 11) is 0. The molecule has 2 heterocycles. The number of rotatable bonds is 4. The van der Waals surface area contributed by atoms with Crippen LogP contribution in [0.15, 0.2) is 66.9 Å². The molecule has 0 spiro atoms. The molecule has 0 aliphatic carbocycles. The summed E-state index contributed by atoms with van der Waals surface area (Å²) in [6.07, 6.45) is 5.82. The lowest BCUT2D eigenvalue weighted by molar-refractivity contribution is -0.133. The predicted octanol–water partition coefficient (Wildman–Crippen LogP) is 3.03. The van der Waals surface area contributed by atoms with E-state index in [9.17, 15) is 14.4 Å². The molecule has 0 radical (unpaired) electrons. The summed E-state index contributed by atoms with van der Waals surface area (Å²) >= 11 is 0. The monoisotopic (exact) mass is 360 g/mol. The number of benzene rings is 2. The fourth-order valence-corrected chi connectivity index (χ4v) is 3.65. The Labute approximate surface area is 157 Å². The SMILES string of the molecule is O=C(C(Cc1ccccc1)N1C(=O)c2ccccc2C1=O)N1C=CCCC1. The zero-order valence-corrected chi connectivity index (χ0v) is 14.9. The molecular weight excluding hydrogens is 340 g/mol. The summed E-state index contributed by atoms with van der Waals surface area (Å²) in [5.41, 5.74) is 1.64. The molecule has 27 heavy (non-hydrogen) atoms. The van der Waals surface area contributed by atoms with Gasteiger partial charge in [0.1, 0.15) is 6.04 Å². The molecule has 0 bridgehead atoms. The van der Waals surface area contributed by atoms with Crippen LogP contribution in [-0.2, 0) is 11.2 Å². The van der Waals surface area contributed by atoms with Gasteiger partial charge in [0, 0.05) is 19.2 Å². The van der Waals surface area contributed by atoms with Gasteiger partial charge in [-0.05, 0) is 30.5 Å². The van der Waals surface area contributed by atoms with E-state index in [1.807, 2.05) is 36.4 Å². The summed E-state index contributed by atoms with van der Waals surface area (Å²) in [6, 6.07) is 15.4. The first-order chi connectivity index (χ1) is 13.2. The van der Waals surface area contributed by atoms with Crippen molar-refractivity contribution in [2.75, 3.05) is 6.54 Å². The normalized spacial score (nSPS) is 17.2. The Hall–Kier alpha value is -3.21. The van der Waals surface area contributed by atoms with Gasteiger partial charge in [-0.15, -0.1) is 0 Å². The summed E-state index contributed by atoms with van der Waals surface area (Å²) in [5.74, 6) is -1.01. The van der Waals surface area contributed by atoms with E-state index < -0.39 is 17.9 Å². The van der Waals surface area contributed by atoms with Crippen molar-refractivity contribution in [2.45, 2.75) is 25.3 Å². The molecular formula is C22H20N2O3. The smallest absolute Gasteiger partial charge is 0.262 e. The van der Waals surface area contributed by atoms with E-state index in [2.05, 4.69) is 0 Å².